The Hall–Kier alpha value is -2.05. The molecule has 1 aliphatic carbocycles. The smallest absolute Gasteiger partial charge is 0.353 e. The van der Waals surface area contributed by atoms with Crippen molar-refractivity contribution in [2.75, 3.05) is 0 Å². The number of benzene rings is 1. The zero-order valence-corrected chi connectivity index (χ0v) is 13.8. The van der Waals surface area contributed by atoms with E-state index >= 15 is 0 Å². The predicted octanol–water partition coefficient (Wildman–Crippen LogP) is 3.36. The maximum absolute atomic E-state index is 13.3. The van der Waals surface area contributed by atoms with Gasteiger partial charge in [-0.15, -0.1) is 0 Å². The first-order chi connectivity index (χ1) is 10.8. The Morgan fingerprint density at radius 1 is 1.35 bits per heavy atom. The summed E-state index contributed by atoms with van der Waals surface area (Å²) >= 11 is 6.18. The van der Waals surface area contributed by atoms with E-state index in [1.165, 1.54) is 19.1 Å². The highest BCUT2D eigenvalue weighted by atomic mass is 35.5. The molecule has 23 heavy (non-hydrogen) atoms. The third-order valence-electron chi connectivity index (χ3n) is 4.09. The number of nitrogens with zero attached hydrogens (tertiary/aromatic N) is 1. The summed E-state index contributed by atoms with van der Waals surface area (Å²) < 4.78 is 26.0. The Balaban J connectivity index is 2.35. The Bertz CT molecular complexity index is 971. The van der Waals surface area contributed by atoms with E-state index in [-0.39, 0.29) is 17.1 Å². The van der Waals surface area contributed by atoms with Gasteiger partial charge >= 0.3 is 5.97 Å². The number of halogens is 1. The zero-order valence-electron chi connectivity index (χ0n) is 12.2. The highest BCUT2D eigenvalue weighted by Crippen LogP contribution is 2.39. The molecule has 1 heterocycles. The first-order valence-corrected chi connectivity index (χ1v) is 8.72. The molecule has 7 heteroatoms. The van der Waals surface area contributed by atoms with Gasteiger partial charge in [-0.3, -0.25) is 0 Å². The van der Waals surface area contributed by atoms with E-state index in [0.29, 0.717) is 10.9 Å². The Kier molecular flexibility index (Phi) is 3.61. The number of aromatic nitrogens is 1. The van der Waals surface area contributed by atoms with Crippen molar-refractivity contribution in [1.29, 1.82) is 0 Å². The molecule has 0 fully saturated rings. The van der Waals surface area contributed by atoms with Crippen LogP contribution in [-0.2, 0) is 10.0 Å². The second-order valence-corrected chi connectivity index (χ2v) is 8.16. The summed E-state index contributed by atoms with van der Waals surface area (Å²) in [6.07, 6.45) is 5.09. The molecule has 0 bridgehead atoms. The van der Waals surface area contributed by atoms with E-state index in [2.05, 4.69) is 0 Å². The predicted molar refractivity (Wildman–Crippen MR) is 89.3 cm³/mol. The van der Waals surface area contributed by atoms with Crippen molar-refractivity contribution in [3.8, 4) is 0 Å². The van der Waals surface area contributed by atoms with Crippen LogP contribution in [-0.4, -0.2) is 28.2 Å². The van der Waals surface area contributed by atoms with Gasteiger partial charge in [-0.25, -0.2) is 17.2 Å². The monoisotopic (exact) mass is 351 g/mol. The maximum atomic E-state index is 13.3. The summed E-state index contributed by atoms with van der Waals surface area (Å²) in [6, 6.07) is 8.01. The Morgan fingerprint density at radius 3 is 2.70 bits per heavy atom. The van der Waals surface area contributed by atoms with Crippen LogP contribution in [0.1, 0.15) is 23.8 Å². The number of rotatable bonds is 3. The number of allylic oxidation sites excluding steroid dienone is 3. The van der Waals surface area contributed by atoms with Gasteiger partial charge in [0.2, 0.25) is 0 Å². The Labute approximate surface area is 138 Å². The van der Waals surface area contributed by atoms with Crippen molar-refractivity contribution >= 4 is 38.5 Å². The van der Waals surface area contributed by atoms with Crippen LogP contribution in [0.3, 0.4) is 0 Å². The lowest BCUT2D eigenvalue weighted by molar-refractivity contribution is 0.0689. The molecule has 0 spiro atoms. The van der Waals surface area contributed by atoms with Crippen LogP contribution in [0.5, 0.6) is 0 Å². The molecule has 5 nitrogen and oxygen atoms in total. The molecule has 1 aromatic heterocycles. The number of carboxylic acids is 1. The van der Waals surface area contributed by atoms with Crippen LogP contribution in [0, 0.1) is 0 Å². The van der Waals surface area contributed by atoms with E-state index < -0.39 is 20.7 Å². The molecule has 1 N–H and O–H groups in total. The van der Waals surface area contributed by atoms with Crippen LogP contribution in [0.2, 0.25) is 0 Å². The molecule has 1 aromatic carbocycles. The van der Waals surface area contributed by atoms with Gasteiger partial charge in [0.1, 0.15) is 10.4 Å². The normalized spacial score (nSPS) is 21.4. The molecule has 1 unspecified atom stereocenters. The zero-order chi connectivity index (χ0) is 16.8. The Morgan fingerprint density at radius 2 is 2.04 bits per heavy atom. The molecule has 3 rings (SSSR count). The summed E-state index contributed by atoms with van der Waals surface area (Å²) in [4.78, 5) is 11.6. The third-order valence-corrected chi connectivity index (χ3v) is 7.14. The van der Waals surface area contributed by atoms with Crippen molar-refractivity contribution in [2.45, 2.75) is 18.1 Å². The molecule has 120 valence electrons. The highest BCUT2D eigenvalue weighted by molar-refractivity contribution is 7.91. The van der Waals surface area contributed by atoms with E-state index in [0.717, 1.165) is 3.97 Å². The molecule has 0 aliphatic heterocycles. The maximum Gasteiger partial charge on any atom is 0.353 e. The van der Waals surface area contributed by atoms with Crippen molar-refractivity contribution < 1.29 is 18.3 Å². The van der Waals surface area contributed by atoms with E-state index in [9.17, 15) is 18.3 Å². The summed E-state index contributed by atoms with van der Waals surface area (Å²) in [5.74, 6) is -1.31. The number of fused-ring (bicyclic) bond motifs is 1. The average Bonchev–Trinajstić information content (AvgIpc) is 2.90. The fourth-order valence-corrected chi connectivity index (χ4v) is 4.97. The van der Waals surface area contributed by atoms with E-state index in [1.807, 2.05) is 0 Å². The SMILES string of the molecule is CC1(S(=O)(=O)n2c(C(=O)O)cc3ccccc32)CC=CC=C1Cl. The number of para-hydroxylation sites is 1. The quantitative estimate of drug-likeness (QED) is 0.919. The molecule has 1 atom stereocenters. The van der Waals surface area contributed by atoms with Gasteiger partial charge in [0, 0.05) is 10.4 Å². The topological polar surface area (TPSA) is 76.4 Å². The molecule has 0 radical (unpaired) electrons. The van der Waals surface area contributed by atoms with Gasteiger partial charge in [-0.1, -0.05) is 42.0 Å². The van der Waals surface area contributed by atoms with Gasteiger partial charge in [-0.2, -0.15) is 0 Å². The minimum atomic E-state index is -4.09. The van der Waals surface area contributed by atoms with Crippen molar-refractivity contribution in [2.24, 2.45) is 0 Å². The van der Waals surface area contributed by atoms with Gasteiger partial charge < -0.3 is 5.11 Å². The van der Waals surface area contributed by atoms with Gasteiger partial charge in [-0.05, 0) is 31.6 Å². The van der Waals surface area contributed by atoms with Crippen molar-refractivity contribution in [3.63, 3.8) is 0 Å². The van der Waals surface area contributed by atoms with Crippen LogP contribution in [0.25, 0.3) is 10.9 Å². The molecular formula is C16H14ClNO4S. The van der Waals surface area contributed by atoms with Gasteiger partial charge in [0.25, 0.3) is 10.0 Å². The summed E-state index contributed by atoms with van der Waals surface area (Å²) in [7, 11) is -4.09. The van der Waals surface area contributed by atoms with Crippen molar-refractivity contribution in [3.05, 3.63) is 59.3 Å². The van der Waals surface area contributed by atoms with E-state index in [4.69, 9.17) is 11.6 Å². The van der Waals surface area contributed by atoms with E-state index in [1.54, 1.807) is 36.4 Å². The molecule has 2 aromatic rings. The number of carbonyl (C=O) groups is 1. The lowest BCUT2D eigenvalue weighted by Gasteiger charge is -2.30. The summed E-state index contributed by atoms with van der Waals surface area (Å²) in [6.45, 7) is 1.51. The first kappa shape index (κ1) is 15.8. The molecular weight excluding hydrogens is 338 g/mol. The minimum Gasteiger partial charge on any atom is -0.477 e. The third kappa shape index (κ3) is 2.21. The second kappa shape index (κ2) is 5.25. The summed E-state index contributed by atoms with van der Waals surface area (Å²) in [5, 5.41) is 10.1. The number of aromatic carboxylic acids is 1. The fourth-order valence-electron chi connectivity index (χ4n) is 2.69. The van der Waals surface area contributed by atoms with Crippen LogP contribution in [0.15, 0.2) is 53.6 Å². The molecule has 0 amide bonds. The standard InChI is InChI=1S/C16H14ClNO4S/c1-16(9-5-4-8-14(16)17)23(21,22)18-12-7-3-2-6-11(12)10-13(18)15(19)20/h2-8,10H,9H2,1H3,(H,19,20). The average molecular weight is 352 g/mol. The summed E-state index contributed by atoms with van der Waals surface area (Å²) in [5.41, 5.74) is 0.0246. The second-order valence-electron chi connectivity index (χ2n) is 5.54. The molecule has 0 saturated carbocycles. The van der Waals surface area contributed by atoms with Gasteiger partial charge in [0.15, 0.2) is 0 Å². The number of hydrogen-bond donors (Lipinski definition) is 1. The highest BCUT2D eigenvalue weighted by Gasteiger charge is 2.45. The molecule has 1 aliphatic rings. The number of hydrogen-bond acceptors (Lipinski definition) is 3. The van der Waals surface area contributed by atoms with Crippen LogP contribution < -0.4 is 0 Å². The van der Waals surface area contributed by atoms with Crippen LogP contribution in [0.4, 0.5) is 0 Å². The first-order valence-electron chi connectivity index (χ1n) is 6.91. The lowest BCUT2D eigenvalue weighted by Crippen LogP contribution is -2.41. The lowest BCUT2D eigenvalue weighted by atomic mass is 10.0. The molecule has 0 saturated heterocycles. The minimum absolute atomic E-state index is 0.161. The number of carboxylic acid groups (broad SMARTS) is 1. The fraction of sp³-hybridized carbons (Fsp3) is 0.188. The van der Waals surface area contributed by atoms with Crippen molar-refractivity contribution in [1.82, 2.24) is 3.97 Å². The van der Waals surface area contributed by atoms with Gasteiger partial charge in [0.05, 0.1) is 5.52 Å². The van der Waals surface area contributed by atoms with Crippen LogP contribution >= 0.6 is 11.6 Å². The largest absolute Gasteiger partial charge is 0.477 e.